The van der Waals surface area contributed by atoms with Crippen LogP contribution in [0.25, 0.3) is 0 Å². The van der Waals surface area contributed by atoms with Crippen molar-refractivity contribution in [3.63, 3.8) is 0 Å². The number of hydrogen-bond donors (Lipinski definition) is 2. The zero-order valence-electron chi connectivity index (χ0n) is 12.8. The van der Waals surface area contributed by atoms with E-state index in [0.29, 0.717) is 19.2 Å². The first-order chi connectivity index (χ1) is 9.72. The molecular weight excluding hydrogens is 250 g/mol. The molecule has 0 fully saturated rings. The molecule has 0 bridgehead atoms. The largest absolute Gasteiger partial charge is 0.491 e. The van der Waals surface area contributed by atoms with E-state index < -0.39 is 6.10 Å². The minimum atomic E-state index is -0.465. The molecule has 0 saturated carbocycles. The van der Waals surface area contributed by atoms with Gasteiger partial charge in [-0.15, -0.1) is 0 Å². The molecule has 3 nitrogen and oxygen atoms in total. The van der Waals surface area contributed by atoms with Crippen molar-refractivity contribution in [1.29, 1.82) is 0 Å². The molecule has 0 amide bonds. The van der Waals surface area contributed by atoms with E-state index in [-0.39, 0.29) is 0 Å². The van der Waals surface area contributed by atoms with Gasteiger partial charge in [0.25, 0.3) is 0 Å². The number of aliphatic hydroxyl groups excluding tert-OH is 1. The second kappa shape index (κ2) is 10.7. The fraction of sp³-hybridized carbons (Fsp3) is 0.647. The molecule has 20 heavy (non-hydrogen) atoms. The van der Waals surface area contributed by atoms with Crippen LogP contribution in [0.5, 0.6) is 5.75 Å². The number of ether oxygens (including phenoxy) is 1. The van der Waals surface area contributed by atoms with E-state index in [0.717, 1.165) is 5.75 Å². The molecule has 2 unspecified atom stereocenters. The van der Waals surface area contributed by atoms with Gasteiger partial charge in [0.2, 0.25) is 0 Å². The van der Waals surface area contributed by atoms with E-state index >= 15 is 0 Å². The maximum atomic E-state index is 9.88. The van der Waals surface area contributed by atoms with Crippen molar-refractivity contribution in [2.75, 3.05) is 13.2 Å². The Morgan fingerprint density at radius 2 is 1.90 bits per heavy atom. The number of hydrogen-bond acceptors (Lipinski definition) is 3. The molecule has 1 rings (SSSR count). The van der Waals surface area contributed by atoms with E-state index in [1.165, 1.54) is 32.1 Å². The SMILES string of the molecule is CCCCCCC(C)NCC(O)COc1ccccc1. The minimum absolute atomic E-state index is 0.333. The first-order valence-electron chi connectivity index (χ1n) is 7.81. The number of aliphatic hydroxyl groups is 1. The summed E-state index contributed by atoms with van der Waals surface area (Å²) >= 11 is 0. The Kier molecular flexibility index (Phi) is 9.09. The van der Waals surface area contributed by atoms with Gasteiger partial charge in [-0.3, -0.25) is 0 Å². The van der Waals surface area contributed by atoms with Crippen LogP contribution in [0.15, 0.2) is 30.3 Å². The standard InChI is InChI=1S/C17H29NO2/c1-3-4-5-7-10-15(2)18-13-16(19)14-20-17-11-8-6-9-12-17/h6,8-9,11-12,15-16,18-19H,3-5,7,10,13-14H2,1-2H3. The molecule has 3 heteroatoms. The van der Waals surface area contributed by atoms with Gasteiger partial charge in [-0.25, -0.2) is 0 Å². The van der Waals surface area contributed by atoms with E-state index in [4.69, 9.17) is 4.74 Å². The van der Waals surface area contributed by atoms with Crippen LogP contribution >= 0.6 is 0 Å². The predicted octanol–water partition coefficient (Wildman–Crippen LogP) is 3.37. The zero-order valence-corrected chi connectivity index (χ0v) is 12.8. The van der Waals surface area contributed by atoms with E-state index in [1.807, 2.05) is 30.3 Å². The average Bonchev–Trinajstić information content (AvgIpc) is 2.48. The molecule has 0 radical (unpaired) electrons. The van der Waals surface area contributed by atoms with E-state index in [1.54, 1.807) is 0 Å². The molecule has 0 spiro atoms. The zero-order chi connectivity index (χ0) is 14.6. The molecule has 0 aliphatic carbocycles. The van der Waals surface area contributed by atoms with Gasteiger partial charge >= 0.3 is 0 Å². The summed E-state index contributed by atoms with van der Waals surface area (Å²) in [5.74, 6) is 0.805. The first kappa shape index (κ1) is 17.0. The van der Waals surface area contributed by atoms with Crippen molar-refractivity contribution in [1.82, 2.24) is 5.32 Å². The third-order valence-corrected chi connectivity index (χ3v) is 3.38. The summed E-state index contributed by atoms with van der Waals surface area (Å²) in [6.45, 7) is 5.32. The fourth-order valence-corrected chi connectivity index (χ4v) is 2.08. The monoisotopic (exact) mass is 279 g/mol. The number of para-hydroxylation sites is 1. The number of rotatable bonds is 11. The lowest BCUT2D eigenvalue weighted by molar-refractivity contribution is 0.104. The molecule has 114 valence electrons. The molecule has 2 N–H and O–H groups in total. The van der Waals surface area contributed by atoms with Gasteiger partial charge in [-0.1, -0.05) is 50.8 Å². The highest BCUT2D eigenvalue weighted by Crippen LogP contribution is 2.08. The van der Waals surface area contributed by atoms with E-state index in [2.05, 4.69) is 19.2 Å². The third kappa shape index (κ3) is 8.18. The topological polar surface area (TPSA) is 41.5 Å². The Hall–Kier alpha value is -1.06. The fourth-order valence-electron chi connectivity index (χ4n) is 2.08. The molecule has 1 aromatic carbocycles. The molecule has 0 heterocycles. The van der Waals surface area contributed by atoms with Crippen LogP contribution in [0, 0.1) is 0 Å². The van der Waals surface area contributed by atoms with Gasteiger partial charge in [0.05, 0.1) is 0 Å². The van der Waals surface area contributed by atoms with Crippen LogP contribution in [0.2, 0.25) is 0 Å². The Morgan fingerprint density at radius 3 is 2.60 bits per heavy atom. The van der Waals surface area contributed by atoms with Crippen molar-refractivity contribution in [2.24, 2.45) is 0 Å². The second-order valence-corrected chi connectivity index (χ2v) is 5.44. The quantitative estimate of drug-likeness (QED) is 0.610. The summed E-state index contributed by atoms with van der Waals surface area (Å²) in [7, 11) is 0. The Labute approximate surface area is 123 Å². The van der Waals surface area contributed by atoms with Crippen molar-refractivity contribution in [3.8, 4) is 5.75 Å². The average molecular weight is 279 g/mol. The normalized spacial score (nSPS) is 13.9. The van der Waals surface area contributed by atoms with Crippen LogP contribution in [-0.2, 0) is 0 Å². The Morgan fingerprint density at radius 1 is 1.15 bits per heavy atom. The molecule has 0 aliphatic rings. The van der Waals surface area contributed by atoms with Gasteiger partial charge < -0.3 is 15.2 Å². The molecule has 0 aromatic heterocycles. The van der Waals surface area contributed by atoms with Crippen LogP contribution in [0.4, 0.5) is 0 Å². The Bertz CT molecular complexity index is 329. The van der Waals surface area contributed by atoms with Gasteiger partial charge in [-0.2, -0.15) is 0 Å². The third-order valence-electron chi connectivity index (χ3n) is 3.38. The number of unbranched alkanes of at least 4 members (excludes halogenated alkanes) is 3. The van der Waals surface area contributed by atoms with Gasteiger partial charge in [-0.05, 0) is 25.5 Å². The highest BCUT2D eigenvalue weighted by atomic mass is 16.5. The number of benzene rings is 1. The summed E-state index contributed by atoms with van der Waals surface area (Å²) in [6.07, 6.45) is 5.87. The van der Waals surface area contributed by atoms with Crippen molar-refractivity contribution >= 4 is 0 Å². The molecular formula is C17H29NO2. The second-order valence-electron chi connectivity index (χ2n) is 5.44. The lowest BCUT2D eigenvalue weighted by Gasteiger charge is -2.17. The molecule has 1 aromatic rings. The Balaban J connectivity index is 2.05. The smallest absolute Gasteiger partial charge is 0.119 e. The summed E-state index contributed by atoms with van der Waals surface area (Å²) in [4.78, 5) is 0. The summed E-state index contributed by atoms with van der Waals surface area (Å²) in [6, 6.07) is 10.1. The van der Waals surface area contributed by atoms with Crippen LogP contribution in [-0.4, -0.2) is 30.4 Å². The van der Waals surface area contributed by atoms with Crippen LogP contribution in [0.1, 0.15) is 46.0 Å². The maximum Gasteiger partial charge on any atom is 0.119 e. The van der Waals surface area contributed by atoms with Gasteiger partial charge in [0, 0.05) is 12.6 Å². The van der Waals surface area contributed by atoms with Crippen LogP contribution in [0.3, 0.4) is 0 Å². The predicted molar refractivity (Wildman–Crippen MR) is 84.2 cm³/mol. The molecule has 0 saturated heterocycles. The van der Waals surface area contributed by atoms with Crippen molar-refractivity contribution in [2.45, 2.75) is 58.1 Å². The van der Waals surface area contributed by atoms with E-state index in [9.17, 15) is 5.11 Å². The first-order valence-corrected chi connectivity index (χ1v) is 7.81. The summed E-state index contributed by atoms with van der Waals surface area (Å²) in [5, 5.41) is 13.2. The lowest BCUT2D eigenvalue weighted by atomic mass is 10.1. The number of nitrogens with one attached hydrogen (secondary N) is 1. The minimum Gasteiger partial charge on any atom is -0.491 e. The highest BCUT2D eigenvalue weighted by molar-refractivity contribution is 5.20. The van der Waals surface area contributed by atoms with Crippen LogP contribution < -0.4 is 10.1 Å². The van der Waals surface area contributed by atoms with Gasteiger partial charge in [0.15, 0.2) is 0 Å². The summed E-state index contributed by atoms with van der Waals surface area (Å²) in [5.41, 5.74) is 0. The lowest BCUT2D eigenvalue weighted by Crippen LogP contribution is -2.36. The maximum absolute atomic E-state index is 9.88. The molecule has 2 atom stereocenters. The van der Waals surface area contributed by atoms with Crippen molar-refractivity contribution < 1.29 is 9.84 Å². The highest BCUT2D eigenvalue weighted by Gasteiger charge is 2.07. The van der Waals surface area contributed by atoms with Gasteiger partial charge in [0.1, 0.15) is 18.5 Å². The summed E-state index contributed by atoms with van der Waals surface area (Å²) < 4.78 is 5.52. The molecule has 0 aliphatic heterocycles. The van der Waals surface area contributed by atoms with Crippen molar-refractivity contribution in [3.05, 3.63) is 30.3 Å².